The van der Waals surface area contributed by atoms with Gasteiger partial charge in [-0.1, -0.05) is 11.6 Å². The van der Waals surface area contributed by atoms with Gasteiger partial charge in [0.15, 0.2) is 0 Å². The van der Waals surface area contributed by atoms with Crippen molar-refractivity contribution < 1.29 is 14.3 Å². The van der Waals surface area contributed by atoms with Crippen LogP contribution in [0.4, 0.5) is 10.1 Å². The first-order valence-electron chi connectivity index (χ1n) is 6.59. The first-order chi connectivity index (χ1) is 10.0. The Morgan fingerprint density at radius 2 is 2.10 bits per heavy atom. The van der Waals surface area contributed by atoms with Crippen molar-refractivity contribution in [2.75, 3.05) is 11.4 Å². The van der Waals surface area contributed by atoms with E-state index in [1.54, 1.807) is 24.3 Å². The molecule has 1 heterocycles. The summed E-state index contributed by atoms with van der Waals surface area (Å²) in [6.45, 7) is 1.16. The summed E-state index contributed by atoms with van der Waals surface area (Å²) in [5, 5.41) is 9.51. The normalized spacial score (nSPS) is 13.3. The fourth-order valence-corrected chi connectivity index (χ4v) is 2.83. The van der Waals surface area contributed by atoms with Crippen LogP contribution in [0.5, 0.6) is 0 Å². The molecule has 3 nitrogen and oxygen atoms in total. The number of anilines is 1. The number of halogens is 2. The van der Waals surface area contributed by atoms with E-state index in [9.17, 15) is 9.18 Å². The van der Waals surface area contributed by atoms with Crippen molar-refractivity contribution in [1.82, 2.24) is 0 Å². The number of rotatable bonds is 3. The average Bonchev–Trinajstić information content (AvgIpc) is 2.85. The zero-order chi connectivity index (χ0) is 15.0. The second-order valence-corrected chi connectivity index (χ2v) is 5.49. The Hall–Kier alpha value is -2.07. The minimum absolute atomic E-state index is 0.282. The van der Waals surface area contributed by atoms with Gasteiger partial charge in [-0.15, -0.1) is 0 Å². The van der Waals surface area contributed by atoms with E-state index in [1.165, 1.54) is 12.1 Å². The third-order valence-corrected chi connectivity index (χ3v) is 3.92. The Morgan fingerprint density at radius 1 is 1.29 bits per heavy atom. The lowest BCUT2D eigenvalue weighted by atomic mass is 10.1. The molecule has 0 saturated carbocycles. The van der Waals surface area contributed by atoms with E-state index < -0.39 is 5.97 Å². The first-order valence-corrected chi connectivity index (χ1v) is 6.97. The molecule has 1 N–H and O–H groups in total. The van der Waals surface area contributed by atoms with Crippen LogP contribution in [0.2, 0.25) is 5.02 Å². The summed E-state index contributed by atoms with van der Waals surface area (Å²) in [5.41, 5.74) is 2.76. The average molecular weight is 306 g/mol. The molecule has 0 aromatic heterocycles. The summed E-state index contributed by atoms with van der Waals surface area (Å²) >= 11 is 5.91. The summed E-state index contributed by atoms with van der Waals surface area (Å²) < 4.78 is 13.8. The van der Waals surface area contributed by atoms with Crippen molar-refractivity contribution in [3.8, 4) is 0 Å². The van der Waals surface area contributed by atoms with Gasteiger partial charge in [-0.25, -0.2) is 9.18 Å². The van der Waals surface area contributed by atoms with Crippen LogP contribution in [0.1, 0.15) is 21.5 Å². The molecule has 108 valence electrons. The lowest BCUT2D eigenvalue weighted by molar-refractivity contribution is 0.0697. The van der Waals surface area contributed by atoms with E-state index in [1.807, 2.05) is 4.90 Å². The summed E-state index contributed by atoms with van der Waals surface area (Å²) in [7, 11) is 0. The van der Waals surface area contributed by atoms with Crippen molar-refractivity contribution in [3.05, 3.63) is 63.9 Å². The number of carboxylic acid groups (broad SMARTS) is 1. The fourth-order valence-electron chi connectivity index (χ4n) is 2.64. The molecule has 0 aliphatic carbocycles. The number of nitrogens with zero attached hydrogens (tertiary/aromatic N) is 1. The number of carboxylic acids is 1. The highest BCUT2D eigenvalue weighted by Gasteiger charge is 2.21. The second kappa shape index (κ2) is 5.37. The SMILES string of the molecule is O=C(O)c1ccc2c(c1)CCN2Cc1cc(Cl)ccc1F. The van der Waals surface area contributed by atoms with Crippen molar-refractivity contribution in [3.63, 3.8) is 0 Å². The van der Waals surface area contributed by atoms with Gasteiger partial charge in [-0.05, 0) is 48.4 Å². The molecule has 3 rings (SSSR count). The summed E-state index contributed by atoms with van der Waals surface area (Å²) in [5.74, 6) is -1.22. The molecule has 0 fully saturated rings. The van der Waals surface area contributed by atoms with Crippen LogP contribution >= 0.6 is 11.6 Å². The third-order valence-electron chi connectivity index (χ3n) is 3.69. The lowest BCUT2D eigenvalue weighted by Crippen LogP contribution is -2.20. The number of carbonyl (C=O) groups is 1. The van der Waals surface area contributed by atoms with Crippen LogP contribution in [0.3, 0.4) is 0 Å². The van der Waals surface area contributed by atoms with E-state index in [0.717, 1.165) is 24.2 Å². The molecule has 0 spiro atoms. The molecule has 1 aliphatic rings. The predicted molar refractivity (Wildman–Crippen MR) is 79.6 cm³/mol. The summed E-state index contributed by atoms with van der Waals surface area (Å²) in [4.78, 5) is 13.0. The predicted octanol–water partition coefficient (Wildman–Crippen LogP) is 3.74. The Morgan fingerprint density at radius 3 is 2.86 bits per heavy atom. The monoisotopic (exact) mass is 305 g/mol. The van der Waals surface area contributed by atoms with E-state index >= 15 is 0 Å². The minimum atomic E-state index is -0.933. The fraction of sp³-hybridized carbons (Fsp3) is 0.188. The van der Waals surface area contributed by atoms with E-state index in [4.69, 9.17) is 16.7 Å². The Bertz CT molecular complexity index is 717. The molecule has 0 unspecified atom stereocenters. The maximum Gasteiger partial charge on any atom is 0.335 e. The van der Waals surface area contributed by atoms with Crippen LogP contribution < -0.4 is 4.90 Å². The Kier molecular flexibility index (Phi) is 3.55. The number of aromatic carboxylic acids is 1. The summed E-state index contributed by atoms with van der Waals surface area (Å²) in [6.07, 6.45) is 0.763. The van der Waals surface area contributed by atoms with E-state index in [2.05, 4.69) is 0 Å². The van der Waals surface area contributed by atoms with Crippen molar-refractivity contribution in [1.29, 1.82) is 0 Å². The van der Waals surface area contributed by atoms with E-state index in [0.29, 0.717) is 17.1 Å². The molecule has 0 bridgehead atoms. The number of fused-ring (bicyclic) bond motifs is 1. The molecule has 1 aliphatic heterocycles. The first kappa shape index (κ1) is 13.9. The molecule has 0 saturated heterocycles. The van der Waals surface area contributed by atoms with Gasteiger partial charge in [0.05, 0.1) is 5.56 Å². The third kappa shape index (κ3) is 2.72. The van der Waals surface area contributed by atoms with Crippen LogP contribution in [0.25, 0.3) is 0 Å². The van der Waals surface area contributed by atoms with Crippen molar-refractivity contribution >= 4 is 23.3 Å². The quantitative estimate of drug-likeness (QED) is 0.939. The molecule has 0 amide bonds. The van der Waals surface area contributed by atoms with Gasteiger partial charge in [-0.2, -0.15) is 0 Å². The van der Waals surface area contributed by atoms with Gasteiger partial charge in [0.1, 0.15) is 5.82 Å². The smallest absolute Gasteiger partial charge is 0.335 e. The van der Waals surface area contributed by atoms with Gasteiger partial charge >= 0.3 is 5.97 Å². The van der Waals surface area contributed by atoms with Gasteiger partial charge in [0.25, 0.3) is 0 Å². The lowest BCUT2D eigenvalue weighted by Gasteiger charge is -2.20. The maximum atomic E-state index is 13.8. The van der Waals surface area contributed by atoms with Crippen molar-refractivity contribution in [2.24, 2.45) is 0 Å². The number of benzene rings is 2. The molecular weight excluding hydrogens is 293 g/mol. The highest BCUT2D eigenvalue weighted by molar-refractivity contribution is 6.30. The highest BCUT2D eigenvalue weighted by atomic mass is 35.5. The van der Waals surface area contributed by atoms with Gasteiger partial charge in [0, 0.05) is 29.4 Å². The molecule has 5 heteroatoms. The van der Waals surface area contributed by atoms with E-state index in [-0.39, 0.29) is 11.4 Å². The maximum absolute atomic E-state index is 13.8. The standard InChI is InChI=1S/C16H13ClFNO2/c17-13-2-3-14(18)12(8-13)9-19-6-5-10-7-11(16(20)21)1-4-15(10)19/h1-4,7-8H,5-6,9H2,(H,20,21). The van der Waals surface area contributed by atoms with Crippen molar-refractivity contribution in [2.45, 2.75) is 13.0 Å². The molecular formula is C16H13ClFNO2. The van der Waals surface area contributed by atoms with Crippen LogP contribution in [0.15, 0.2) is 36.4 Å². The largest absolute Gasteiger partial charge is 0.478 e. The molecule has 2 aromatic rings. The topological polar surface area (TPSA) is 40.5 Å². The van der Waals surface area contributed by atoms with Gasteiger partial charge in [-0.3, -0.25) is 0 Å². The molecule has 21 heavy (non-hydrogen) atoms. The minimum Gasteiger partial charge on any atom is -0.478 e. The zero-order valence-electron chi connectivity index (χ0n) is 11.1. The second-order valence-electron chi connectivity index (χ2n) is 5.06. The number of hydrogen-bond donors (Lipinski definition) is 1. The number of hydrogen-bond acceptors (Lipinski definition) is 2. The molecule has 0 radical (unpaired) electrons. The Balaban J connectivity index is 1.88. The molecule has 0 atom stereocenters. The van der Waals surface area contributed by atoms with Crippen LogP contribution in [-0.2, 0) is 13.0 Å². The van der Waals surface area contributed by atoms with Crippen LogP contribution in [0, 0.1) is 5.82 Å². The summed E-state index contributed by atoms with van der Waals surface area (Å²) in [6, 6.07) is 9.56. The molecule has 2 aromatic carbocycles. The Labute approximate surface area is 126 Å². The zero-order valence-corrected chi connectivity index (χ0v) is 11.9. The van der Waals surface area contributed by atoms with Gasteiger partial charge < -0.3 is 10.0 Å². The highest BCUT2D eigenvalue weighted by Crippen LogP contribution is 2.31. The van der Waals surface area contributed by atoms with Gasteiger partial charge in [0.2, 0.25) is 0 Å². The van der Waals surface area contributed by atoms with Crippen LogP contribution in [-0.4, -0.2) is 17.6 Å².